The molecule has 0 fully saturated rings. The van der Waals surface area contributed by atoms with Crippen molar-refractivity contribution in [1.82, 2.24) is 14.8 Å². The zero-order valence-corrected chi connectivity index (χ0v) is 16.3. The maximum absolute atomic E-state index is 12.8. The van der Waals surface area contributed by atoms with E-state index in [4.69, 9.17) is 0 Å². The molecule has 1 aliphatic carbocycles. The fourth-order valence-electron chi connectivity index (χ4n) is 2.94. The molecule has 2 N–H and O–H groups in total. The number of benzene rings is 1. The molecule has 0 unspecified atom stereocenters. The third-order valence-corrected chi connectivity index (χ3v) is 5.23. The molecule has 8 nitrogen and oxygen atoms in total. The third-order valence-electron chi connectivity index (χ3n) is 4.41. The number of aromatic carboxylic acids is 1. The lowest BCUT2D eigenvalue weighted by atomic mass is 10.1. The Kier molecular flexibility index (Phi) is 5.05. The summed E-state index contributed by atoms with van der Waals surface area (Å²) in [5, 5.41) is 22.6. The number of H-pyrrole nitrogens is 1. The molecular formula is C20H17N5O3S. The summed E-state index contributed by atoms with van der Waals surface area (Å²) in [5.74, 6) is -1.11. The van der Waals surface area contributed by atoms with Gasteiger partial charge in [0.2, 0.25) is 5.13 Å². The van der Waals surface area contributed by atoms with Crippen molar-refractivity contribution in [2.75, 3.05) is 0 Å². The number of azo groups is 1. The Balaban J connectivity index is 1.67. The van der Waals surface area contributed by atoms with Crippen molar-refractivity contribution < 1.29 is 9.90 Å². The van der Waals surface area contributed by atoms with E-state index in [1.165, 1.54) is 28.2 Å². The van der Waals surface area contributed by atoms with Gasteiger partial charge in [-0.3, -0.25) is 9.89 Å². The molecule has 0 aliphatic heterocycles. The minimum atomic E-state index is -1.11. The molecule has 0 amide bonds. The monoisotopic (exact) mass is 407 g/mol. The summed E-state index contributed by atoms with van der Waals surface area (Å²) in [4.78, 5) is 28.7. The number of carbonyl (C=O) groups is 1. The molecule has 1 aliphatic rings. The number of nitrogens with zero attached hydrogens (tertiary/aromatic N) is 4. The fraction of sp³-hybridized carbons (Fsp3) is 0.150. The second-order valence-corrected chi connectivity index (χ2v) is 7.24. The summed E-state index contributed by atoms with van der Waals surface area (Å²) in [6.07, 6.45) is 8.26. The SMILES string of the molecule is Cc1[nH]n(-c2nc(C3=CCCC=C3)cs2)c(=O)c1N=Nc1ccccc1C(=O)O. The molecule has 1 aromatic carbocycles. The van der Waals surface area contributed by atoms with Gasteiger partial charge in [0.25, 0.3) is 0 Å². The van der Waals surface area contributed by atoms with Crippen LogP contribution < -0.4 is 5.56 Å². The highest BCUT2D eigenvalue weighted by molar-refractivity contribution is 7.12. The highest BCUT2D eigenvalue weighted by atomic mass is 32.1. The topological polar surface area (TPSA) is 113 Å². The molecule has 4 rings (SSSR count). The summed E-state index contributed by atoms with van der Waals surface area (Å²) < 4.78 is 1.33. The van der Waals surface area contributed by atoms with Crippen molar-refractivity contribution in [3.63, 3.8) is 0 Å². The zero-order valence-electron chi connectivity index (χ0n) is 15.5. The van der Waals surface area contributed by atoms with Crippen LogP contribution in [0.1, 0.15) is 34.6 Å². The fourth-order valence-corrected chi connectivity index (χ4v) is 3.73. The lowest BCUT2D eigenvalue weighted by Crippen LogP contribution is -2.13. The largest absolute Gasteiger partial charge is 0.478 e. The van der Waals surface area contributed by atoms with Crippen LogP contribution in [0, 0.1) is 6.92 Å². The molecule has 2 aromatic heterocycles. The summed E-state index contributed by atoms with van der Waals surface area (Å²) in [5.41, 5.74) is 2.29. The van der Waals surface area contributed by atoms with Crippen molar-refractivity contribution in [3.8, 4) is 5.13 Å². The normalized spacial score (nSPS) is 13.8. The first kappa shape index (κ1) is 18.8. The maximum atomic E-state index is 12.8. The van der Waals surface area contributed by atoms with E-state index in [0.717, 1.165) is 24.1 Å². The number of hydrogen-bond acceptors (Lipinski definition) is 6. The zero-order chi connectivity index (χ0) is 20.4. The Bertz CT molecular complexity index is 1230. The molecule has 0 spiro atoms. The Labute approximate surface area is 169 Å². The van der Waals surface area contributed by atoms with Crippen molar-refractivity contribution >= 4 is 34.3 Å². The highest BCUT2D eigenvalue weighted by Gasteiger charge is 2.16. The number of aromatic amines is 1. The molecule has 146 valence electrons. The smallest absolute Gasteiger partial charge is 0.337 e. The first-order valence-corrected chi connectivity index (χ1v) is 9.81. The van der Waals surface area contributed by atoms with Crippen LogP contribution in [-0.2, 0) is 0 Å². The second kappa shape index (κ2) is 7.80. The average Bonchev–Trinajstić information content (AvgIpc) is 3.32. The quantitative estimate of drug-likeness (QED) is 0.593. The molecule has 29 heavy (non-hydrogen) atoms. The van der Waals surface area contributed by atoms with Gasteiger partial charge in [0.05, 0.1) is 17.0 Å². The predicted octanol–water partition coefficient (Wildman–Crippen LogP) is 4.78. The van der Waals surface area contributed by atoms with E-state index in [0.29, 0.717) is 10.8 Å². The van der Waals surface area contributed by atoms with Gasteiger partial charge in [-0.05, 0) is 37.5 Å². The Hall–Kier alpha value is -3.59. The maximum Gasteiger partial charge on any atom is 0.337 e. The van der Waals surface area contributed by atoms with Crippen LogP contribution in [0.5, 0.6) is 0 Å². The van der Waals surface area contributed by atoms with Crippen LogP contribution in [0.25, 0.3) is 10.7 Å². The van der Waals surface area contributed by atoms with Crippen LogP contribution in [0.15, 0.2) is 62.9 Å². The van der Waals surface area contributed by atoms with Crippen LogP contribution >= 0.6 is 11.3 Å². The number of carboxylic acids is 1. The molecule has 0 bridgehead atoms. The van der Waals surface area contributed by atoms with E-state index in [1.54, 1.807) is 19.1 Å². The van der Waals surface area contributed by atoms with Crippen molar-refractivity contribution in [2.24, 2.45) is 10.2 Å². The van der Waals surface area contributed by atoms with E-state index in [2.05, 4.69) is 32.5 Å². The standard InChI is InChI=1S/C20H17N5O3S/c1-12-17(23-22-15-10-6-5-9-14(15)19(27)28)18(26)25(24-12)20-21-16(11-29-20)13-7-3-2-4-8-13/h3,5-11,24H,2,4H2,1H3,(H,27,28). The van der Waals surface area contributed by atoms with Crippen molar-refractivity contribution in [1.29, 1.82) is 0 Å². The summed E-state index contributed by atoms with van der Waals surface area (Å²) in [7, 11) is 0. The van der Waals surface area contributed by atoms with Gasteiger partial charge in [0, 0.05) is 5.38 Å². The van der Waals surface area contributed by atoms with Gasteiger partial charge < -0.3 is 5.11 Å². The molecular weight excluding hydrogens is 390 g/mol. The highest BCUT2D eigenvalue weighted by Crippen LogP contribution is 2.26. The van der Waals surface area contributed by atoms with Crippen LogP contribution in [0.3, 0.4) is 0 Å². The van der Waals surface area contributed by atoms with Gasteiger partial charge >= 0.3 is 11.5 Å². The number of hydrogen-bond donors (Lipinski definition) is 2. The number of nitrogens with one attached hydrogen (secondary N) is 1. The van der Waals surface area contributed by atoms with Crippen LogP contribution in [0.4, 0.5) is 11.4 Å². The van der Waals surface area contributed by atoms with Crippen LogP contribution in [0.2, 0.25) is 0 Å². The Morgan fingerprint density at radius 3 is 2.86 bits per heavy atom. The molecule has 2 heterocycles. The number of carboxylic acid groups (broad SMARTS) is 1. The molecule has 0 atom stereocenters. The first-order valence-electron chi connectivity index (χ1n) is 8.93. The second-order valence-electron chi connectivity index (χ2n) is 6.40. The van der Waals surface area contributed by atoms with Gasteiger partial charge in [-0.25, -0.2) is 9.78 Å². The van der Waals surface area contributed by atoms with E-state index < -0.39 is 11.5 Å². The first-order chi connectivity index (χ1) is 14.0. The number of thiazole rings is 1. The summed E-state index contributed by atoms with van der Waals surface area (Å²) >= 11 is 1.35. The minimum Gasteiger partial charge on any atom is -0.478 e. The number of rotatable bonds is 5. The van der Waals surface area contributed by atoms with Gasteiger partial charge in [-0.15, -0.1) is 21.6 Å². The van der Waals surface area contributed by atoms with Gasteiger partial charge in [0.1, 0.15) is 5.69 Å². The van der Waals surface area contributed by atoms with Gasteiger partial charge in [-0.1, -0.05) is 30.4 Å². The number of allylic oxidation sites excluding steroid dienone is 4. The average molecular weight is 407 g/mol. The number of aromatic nitrogens is 3. The molecule has 9 heteroatoms. The Morgan fingerprint density at radius 1 is 1.28 bits per heavy atom. The van der Waals surface area contributed by atoms with Crippen molar-refractivity contribution in [3.05, 3.63) is 75.2 Å². The van der Waals surface area contributed by atoms with E-state index >= 15 is 0 Å². The van der Waals surface area contributed by atoms with E-state index in [9.17, 15) is 14.7 Å². The lowest BCUT2D eigenvalue weighted by molar-refractivity contribution is 0.0697. The summed E-state index contributed by atoms with van der Waals surface area (Å²) in [6, 6.07) is 6.24. The number of aryl methyl sites for hydroxylation is 1. The predicted molar refractivity (Wildman–Crippen MR) is 111 cm³/mol. The summed E-state index contributed by atoms with van der Waals surface area (Å²) in [6.45, 7) is 1.70. The molecule has 0 saturated heterocycles. The van der Waals surface area contributed by atoms with Gasteiger partial charge in [-0.2, -0.15) is 4.68 Å². The van der Waals surface area contributed by atoms with Crippen LogP contribution in [-0.4, -0.2) is 25.8 Å². The van der Waals surface area contributed by atoms with Gasteiger partial charge in [0.15, 0.2) is 5.69 Å². The minimum absolute atomic E-state index is 0.0168. The third kappa shape index (κ3) is 3.72. The lowest BCUT2D eigenvalue weighted by Gasteiger charge is -2.02. The molecule has 3 aromatic rings. The molecule has 0 saturated carbocycles. The Morgan fingerprint density at radius 2 is 2.10 bits per heavy atom. The van der Waals surface area contributed by atoms with E-state index in [-0.39, 0.29) is 16.9 Å². The molecule has 0 radical (unpaired) electrons. The van der Waals surface area contributed by atoms with Crippen molar-refractivity contribution in [2.45, 2.75) is 19.8 Å². The van der Waals surface area contributed by atoms with E-state index in [1.807, 2.05) is 11.5 Å².